The van der Waals surface area contributed by atoms with Crippen LogP contribution >= 0.6 is 0 Å². The Hall–Kier alpha value is -1.33. The van der Waals surface area contributed by atoms with E-state index in [-0.39, 0.29) is 17.6 Å². The second-order valence-corrected chi connectivity index (χ2v) is 7.92. The molecule has 2 aliphatic heterocycles. The third kappa shape index (κ3) is 3.38. The van der Waals surface area contributed by atoms with Crippen LogP contribution in [0.25, 0.3) is 0 Å². The Morgan fingerprint density at radius 1 is 1.38 bits per heavy atom. The number of ether oxygens (including phenoxy) is 1. The lowest BCUT2D eigenvalue weighted by atomic mass is 9.80. The number of hydrogen-bond acceptors (Lipinski definition) is 4. The largest absolute Gasteiger partial charge is 0.472 e. The molecule has 3 atom stereocenters. The number of likely N-dealkylation sites (tertiary alicyclic amines) is 1. The van der Waals surface area contributed by atoms with Gasteiger partial charge in [-0.15, -0.1) is 0 Å². The highest BCUT2D eigenvalue weighted by Crippen LogP contribution is 2.42. The van der Waals surface area contributed by atoms with Crippen molar-refractivity contribution in [3.8, 4) is 0 Å². The van der Waals surface area contributed by atoms with Crippen molar-refractivity contribution in [1.82, 2.24) is 10.2 Å². The minimum atomic E-state index is -0.244. The van der Waals surface area contributed by atoms with Gasteiger partial charge in [-0.1, -0.05) is 6.92 Å². The van der Waals surface area contributed by atoms with Crippen molar-refractivity contribution in [2.24, 2.45) is 11.8 Å². The summed E-state index contributed by atoms with van der Waals surface area (Å²) in [4.78, 5) is 14.8. The van der Waals surface area contributed by atoms with Crippen LogP contribution in [-0.2, 0) is 16.1 Å². The first-order valence-corrected chi connectivity index (χ1v) is 9.33. The zero-order valence-corrected chi connectivity index (χ0v) is 14.5. The molecule has 0 aromatic carbocycles. The Morgan fingerprint density at radius 3 is 2.96 bits per heavy atom. The molecule has 5 nitrogen and oxygen atoms in total. The fraction of sp³-hybridized carbons (Fsp3) is 0.737. The minimum absolute atomic E-state index is 0.103. The summed E-state index contributed by atoms with van der Waals surface area (Å²) in [5, 5.41) is 3.08. The van der Waals surface area contributed by atoms with E-state index < -0.39 is 0 Å². The van der Waals surface area contributed by atoms with Crippen LogP contribution in [0, 0.1) is 11.8 Å². The van der Waals surface area contributed by atoms with Gasteiger partial charge in [0, 0.05) is 31.7 Å². The summed E-state index contributed by atoms with van der Waals surface area (Å²) in [7, 11) is 0. The zero-order chi connectivity index (χ0) is 16.6. The molecule has 132 valence electrons. The Labute approximate surface area is 143 Å². The molecule has 3 fully saturated rings. The van der Waals surface area contributed by atoms with Gasteiger partial charge in [0.2, 0.25) is 5.91 Å². The molecule has 5 heteroatoms. The highest BCUT2D eigenvalue weighted by molar-refractivity contribution is 5.81. The standard InChI is InChI=1S/C19H28N2O3/c1-14-11-21(12-16-5-9-23-13-16)8-7-19(14)6-4-17(24-19)18(22)20-10-15-2-3-15/h5,9,13-15,17H,2-4,6-8,10-12H2,1H3,(H,20,22)/t14-,17-,19+/m1/s1. The van der Waals surface area contributed by atoms with Crippen molar-refractivity contribution in [2.45, 2.75) is 57.3 Å². The summed E-state index contributed by atoms with van der Waals surface area (Å²) in [5.74, 6) is 1.26. The van der Waals surface area contributed by atoms with Gasteiger partial charge >= 0.3 is 0 Å². The first kappa shape index (κ1) is 16.2. The van der Waals surface area contributed by atoms with Gasteiger partial charge in [-0.05, 0) is 50.0 Å². The van der Waals surface area contributed by atoms with Gasteiger partial charge in [0.15, 0.2) is 0 Å². The minimum Gasteiger partial charge on any atom is -0.472 e. The molecule has 1 N–H and O–H groups in total. The van der Waals surface area contributed by atoms with E-state index in [0.29, 0.717) is 5.92 Å². The maximum absolute atomic E-state index is 12.3. The van der Waals surface area contributed by atoms with E-state index in [0.717, 1.165) is 51.4 Å². The molecule has 1 aromatic rings. The topological polar surface area (TPSA) is 54.7 Å². The highest BCUT2D eigenvalue weighted by Gasteiger charge is 2.48. The maximum atomic E-state index is 12.3. The molecule has 2 saturated heterocycles. The maximum Gasteiger partial charge on any atom is 0.249 e. The Balaban J connectivity index is 1.30. The third-order valence-corrected chi connectivity index (χ3v) is 6.03. The number of furan rings is 1. The predicted molar refractivity (Wildman–Crippen MR) is 90.3 cm³/mol. The smallest absolute Gasteiger partial charge is 0.249 e. The fourth-order valence-electron chi connectivity index (χ4n) is 4.21. The molecular weight excluding hydrogens is 304 g/mol. The van der Waals surface area contributed by atoms with Crippen LogP contribution in [-0.4, -0.2) is 42.1 Å². The van der Waals surface area contributed by atoms with Gasteiger partial charge in [0.25, 0.3) is 0 Å². The number of piperidine rings is 1. The molecule has 24 heavy (non-hydrogen) atoms. The Bertz CT molecular complexity index is 569. The molecule has 1 aliphatic carbocycles. The van der Waals surface area contributed by atoms with Gasteiger partial charge in [0.1, 0.15) is 6.10 Å². The van der Waals surface area contributed by atoms with Crippen molar-refractivity contribution < 1.29 is 13.9 Å². The monoisotopic (exact) mass is 332 g/mol. The number of carbonyl (C=O) groups excluding carboxylic acids is 1. The summed E-state index contributed by atoms with van der Waals surface area (Å²) in [6.07, 6.45) is 8.72. The summed E-state index contributed by atoms with van der Waals surface area (Å²) >= 11 is 0. The van der Waals surface area contributed by atoms with E-state index in [9.17, 15) is 4.79 Å². The van der Waals surface area contributed by atoms with Gasteiger partial charge < -0.3 is 14.5 Å². The molecule has 0 unspecified atom stereocenters. The average molecular weight is 332 g/mol. The number of hydrogen-bond donors (Lipinski definition) is 1. The highest BCUT2D eigenvalue weighted by atomic mass is 16.5. The first-order chi connectivity index (χ1) is 11.6. The summed E-state index contributed by atoms with van der Waals surface area (Å²) < 4.78 is 11.5. The summed E-state index contributed by atoms with van der Waals surface area (Å²) in [5.41, 5.74) is 1.12. The van der Waals surface area contributed by atoms with Crippen molar-refractivity contribution in [1.29, 1.82) is 0 Å². The predicted octanol–water partition coefficient (Wildman–Crippen LogP) is 2.57. The van der Waals surface area contributed by atoms with Crippen LogP contribution in [0.3, 0.4) is 0 Å². The molecule has 1 amide bonds. The van der Waals surface area contributed by atoms with Crippen LogP contribution in [0.15, 0.2) is 23.0 Å². The van der Waals surface area contributed by atoms with Gasteiger partial charge in [-0.2, -0.15) is 0 Å². The Kier molecular flexibility index (Phi) is 4.39. The van der Waals surface area contributed by atoms with Crippen molar-refractivity contribution in [2.75, 3.05) is 19.6 Å². The average Bonchev–Trinajstić information content (AvgIpc) is 3.07. The first-order valence-electron chi connectivity index (χ1n) is 9.33. The number of nitrogens with one attached hydrogen (secondary N) is 1. The van der Waals surface area contributed by atoms with Crippen LogP contribution in [0.1, 0.15) is 44.6 Å². The molecule has 3 heterocycles. The molecule has 1 spiro atoms. The molecule has 4 rings (SSSR count). The van der Waals surface area contributed by atoms with Gasteiger partial charge in [-0.25, -0.2) is 0 Å². The van der Waals surface area contributed by atoms with E-state index in [1.54, 1.807) is 6.26 Å². The lowest BCUT2D eigenvalue weighted by Gasteiger charge is -2.44. The number of carbonyl (C=O) groups is 1. The molecule has 3 aliphatic rings. The third-order valence-electron chi connectivity index (χ3n) is 6.03. The Morgan fingerprint density at radius 2 is 2.25 bits per heavy atom. The molecule has 1 saturated carbocycles. The lowest BCUT2D eigenvalue weighted by molar-refractivity contribution is -0.147. The van der Waals surface area contributed by atoms with E-state index in [1.165, 1.54) is 18.4 Å². The van der Waals surface area contributed by atoms with Crippen LogP contribution < -0.4 is 5.32 Å². The second kappa shape index (κ2) is 6.52. The number of nitrogens with zero attached hydrogens (tertiary/aromatic N) is 1. The molecule has 0 radical (unpaired) electrons. The van der Waals surface area contributed by atoms with E-state index >= 15 is 0 Å². The second-order valence-electron chi connectivity index (χ2n) is 7.92. The molecule has 1 aromatic heterocycles. The molecular formula is C19H28N2O3. The quantitative estimate of drug-likeness (QED) is 0.900. The van der Waals surface area contributed by atoms with Crippen LogP contribution in [0.4, 0.5) is 0 Å². The van der Waals surface area contributed by atoms with Crippen LogP contribution in [0.2, 0.25) is 0 Å². The van der Waals surface area contributed by atoms with Gasteiger partial charge in [0.05, 0.1) is 18.1 Å². The summed E-state index contributed by atoms with van der Waals surface area (Å²) in [6.45, 7) is 6.07. The lowest BCUT2D eigenvalue weighted by Crippen LogP contribution is -2.51. The van der Waals surface area contributed by atoms with Crippen molar-refractivity contribution in [3.63, 3.8) is 0 Å². The fourth-order valence-corrected chi connectivity index (χ4v) is 4.21. The summed E-state index contributed by atoms with van der Waals surface area (Å²) in [6, 6.07) is 2.03. The SMILES string of the molecule is C[C@@H]1CN(Cc2ccoc2)CC[C@@]12CC[C@H](C(=O)NCC1CC1)O2. The van der Waals surface area contributed by atoms with Gasteiger partial charge in [-0.3, -0.25) is 9.69 Å². The number of amides is 1. The van der Waals surface area contributed by atoms with Crippen molar-refractivity contribution >= 4 is 5.91 Å². The van der Waals surface area contributed by atoms with Crippen molar-refractivity contribution in [3.05, 3.63) is 24.2 Å². The normalized spacial score (nSPS) is 33.9. The van der Waals surface area contributed by atoms with Crippen LogP contribution in [0.5, 0.6) is 0 Å². The van der Waals surface area contributed by atoms with E-state index in [1.807, 2.05) is 12.3 Å². The van der Waals surface area contributed by atoms with E-state index in [2.05, 4.69) is 17.1 Å². The molecule has 0 bridgehead atoms. The number of rotatable bonds is 5. The zero-order valence-electron chi connectivity index (χ0n) is 14.5. The van der Waals surface area contributed by atoms with E-state index in [4.69, 9.17) is 9.15 Å².